The highest BCUT2D eigenvalue weighted by Gasteiger charge is 2.15. The molecule has 0 saturated carbocycles. The number of nitrogens with zero attached hydrogens (tertiary/aromatic N) is 1. The lowest BCUT2D eigenvalue weighted by molar-refractivity contribution is 0.222. The van der Waals surface area contributed by atoms with E-state index in [0.717, 1.165) is 47.3 Å². The van der Waals surface area contributed by atoms with Crippen LogP contribution in [0.4, 0.5) is 0 Å². The predicted octanol–water partition coefficient (Wildman–Crippen LogP) is 6.01. The molecule has 154 valence electrons. The average Bonchev–Trinajstić information content (AvgIpc) is 2.79. The van der Waals surface area contributed by atoms with Gasteiger partial charge in [0.05, 0.1) is 0 Å². The molecule has 0 radical (unpaired) electrons. The fourth-order valence-electron chi connectivity index (χ4n) is 4.15. The Kier molecular flexibility index (Phi) is 6.20. The summed E-state index contributed by atoms with van der Waals surface area (Å²) < 4.78 is 6.28. The molecule has 0 aliphatic heterocycles. The first kappa shape index (κ1) is 20.2. The second kappa shape index (κ2) is 9.19. The molecule has 0 fully saturated rings. The molecule has 0 spiro atoms. The van der Waals surface area contributed by atoms with Gasteiger partial charge >= 0.3 is 0 Å². The molecule has 4 aromatic rings. The van der Waals surface area contributed by atoms with E-state index < -0.39 is 0 Å². The maximum Gasteiger partial charge on any atom is 0.123 e. The maximum absolute atomic E-state index is 10.7. The minimum Gasteiger partial charge on any atom is -0.508 e. The number of benzene rings is 4. The standard InChI is InChI=1S/C27H29NO2/c1-3-28(4-2)17-18-30-27-16-14-21-10-6-8-12-23(21)25(27)19-24-22-11-7-5-9-20(22)13-15-26(24)29/h5-16,29H,3-4,17-19H2,1-2H3. The average molecular weight is 400 g/mol. The molecule has 0 aromatic heterocycles. The lowest BCUT2D eigenvalue weighted by atomic mass is 9.93. The molecular weight excluding hydrogens is 370 g/mol. The van der Waals surface area contributed by atoms with Crippen LogP contribution >= 0.6 is 0 Å². The van der Waals surface area contributed by atoms with Gasteiger partial charge in [-0.2, -0.15) is 0 Å². The summed E-state index contributed by atoms with van der Waals surface area (Å²) in [6.07, 6.45) is 0.620. The Morgan fingerprint density at radius 2 is 1.33 bits per heavy atom. The first-order valence-electron chi connectivity index (χ1n) is 10.8. The second-order valence-electron chi connectivity index (χ2n) is 7.60. The Labute approximate surface area is 178 Å². The van der Waals surface area contributed by atoms with Crippen molar-refractivity contribution < 1.29 is 9.84 Å². The number of rotatable bonds is 8. The molecule has 0 unspecified atom stereocenters. The van der Waals surface area contributed by atoms with Gasteiger partial charge in [-0.15, -0.1) is 0 Å². The number of likely N-dealkylation sites (N-methyl/N-ethyl adjacent to an activating group) is 1. The van der Waals surface area contributed by atoms with E-state index in [4.69, 9.17) is 4.74 Å². The Morgan fingerprint density at radius 1 is 0.733 bits per heavy atom. The lowest BCUT2D eigenvalue weighted by Crippen LogP contribution is -2.28. The van der Waals surface area contributed by atoms with Crippen molar-refractivity contribution in [1.29, 1.82) is 0 Å². The van der Waals surface area contributed by atoms with Gasteiger partial charge in [0.25, 0.3) is 0 Å². The van der Waals surface area contributed by atoms with Gasteiger partial charge < -0.3 is 14.7 Å². The SMILES string of the molecule is CCN(CC)CCOc1ccc2ccccc2c1Cc1c(O)ccc2ccccc12. The molecule has 0 saturated heterocycles. The maximum atomic E-state index is 10.7. The Bertz CT molecular complexity index is 1150. The summed E-state index contributed by atoms with van der Waals surface area (Å²) >= 11 is 0. The molecule has 1 N–H and O–H groups in total. The van der Waals surface area contributed by atoms with E-state index in [9.17, 15) is 5.11 Å². The van der Waals surface area contributed by atoms with Crippen LogP contribution in [0.15, 0.2) is 72.8 Å². The highest BCUT2D eigenvalue weighted by Crippen LogP contribution is 2.35. The second-order valence-corrected chi connectivity index (χ2v) is 7.60. The Morgan fingerprint density at radius 3 is 2.00 bits per heavy atom. The fourth-order valence-corrected chi connectivity index (χ4v) is 4.15. The van der Waals surface area contributed by atoms with Crippen molar-refractivity contribution in [2.75, 3.05) is 26.2 Å². The van der Waals surface area contributed by atoms with E-state index in [-0.39, 0.29) is 0 Å². The summed E-state index contributed by atoms with van der Waals surface area (Å²) in [7, 11) is 0. The molecule has 0 heterocycles. The van der Waals surface area contributed by atoms with Crippen molar-refractivity contribution in [3.8, 4) is 11.5 Å². The Hall–Kier alpha value is -3.04. The predicted molar refractivity (Wildman–Crippen MR) is 126 cm³/mol. The highest BCUT2D eigenvalue weighted by molar-refractivity contribution is 5.91. The van der Waals surface area contributed by atoms with E-state index in [1.165, 1.54) is 10.8 Å². The van der Waals surface area contributed by atoms with Gasteiger partial charge in [-0.1, -0.05) is 74.5 Å². The molecule has 3 heteroatoms. The smallest absolute Gasteiger partial charge is 0.123 e. The minimum atomic E-state index is 0.329. The number of ether oxygens (including phenoxy) is 1. The topological polar surface area (TPSA) is 32.7 Å². The quantitative estimate of drug-likeness (QED) is 0.394. The first-order valence-corrected chi connectivity index (χ1v) is 10.8. The largest absolute Gasteiger partial charge is 0.508 e. The van der Waals surface area contributed by atoms with Crippen molar-refractivity contribution in [1.82, 2.24) is 4.90 Å². The molecule has 0 bridgehead atoms. The third-order valence-corrected chi connectivity index (χ3v) is 5.93. The highest BCUT2D eigenvalue weighted by atomic mass is 16.5. The van der Waals surface area contributed by atoms with Crippen molar-refractivity contribution in [2.24, 2.45) is 0 Å². The molecule has 3 nitrogen and oxygen atoms in total. The number of hydrogen-bond acceptors (Lipinski definition) is 3. The summed E-state index contributed by atoms with van der Waals surface area (Å²) in [4.78, 5) is 2.36. The number of phenols is 1. The van der Waals surface area contributed by atoms with Crippen LogP contribution in [0.2, 0.25) is 0 Å². The molecule has 30 heavy (non-hydrogen) atoms. The van der Waals surface area contributed by atoms with E-state index >= 15 is 0 Å². The van der Waals surface area contributed by atoms with Crippen molar-refractivity contribution in [3.63, 3.8) is 0 Å². The summed E-state index contributed by atoms with van der Waals surface area (Å²) in [5.41, 5.74) is 2.07. The van der Waals surface area contributed by atoms with Gasteiger partial charge in [0.1, 0.15) is 18.1 Å². The zero-order valence-corrected chi connectivity index (χ0v) is 17.8. The molecular formula is C27H29NO2. The van der Waals surface area contributed by atoms with Crippen LogP contribution in [0.25, 0.3) is 21.5 Å². The number of fused-ring (bicyclic) bond motifs is 2. The van der Waals surface area contributed by atoms with Gasteiger partial charge in [-0.25, -0.2) is 0 Å². The molecule has 0 aliphatic rings. The molecule has 4 rings (SSSR count). The van der Waals surface area contributed by atoms with Crippen molar-refractivity contribution in [2.45, 2.75) is 20.3 Å². The number of hydrogen-bond donors (Lipinski definition) is 1. The van der Waals surface area contributed by atoms with Crippen LogP contribution in [0.5, 0.6) is 11.5 Å². The van der Waals surface area contributed by atoms with Gasteiger partial charge in [-0.05, 0) is 46.8 Å². The zero-order valence-electron chi connectivity index (χ0n) is 17.8. The van der Waals surface area contributed by atoms with E-state index in [2.05, 4.69) is 67.3 Å². The normalized spacial score (nSPS) is 11.4. The number of phenolic OH excluding ortho intramolecular Hbond substituents is 1. The summed E-state index contributed by atoms with van der Waals surface area (Å²) in [6, 6.07) is 24.6. The van der Waals surface area contributed by atoms with Crippen LogP contribution in [0, 0.1) is 0 Å². The molecule has 0 atom stereocenters. The van der Waals surface area contributed by atoms with Gasteiger partial charge in [-0.3, -0.25) is 0 Å². The monoisotopic (exact) mass is 399 g/mol. The molecule has 0 aliphatic carbocycles. The summed E-state index contributed by atoms with van der Waals surface area (Å²) in [6.45, 7) is 7.94. The molecule has 0 amide bonds. The van der Waals surface area contributed by atoms with Crippen molar-refractivity contribution >= 4 is 21.5 Å². The lowest BCUT2D eigenvalue weighted by Gasteiger charge is -2.20. The van der Waals surface area contributed by atoms with Crippen LogP contribution in [-0.4, -0.2) is 36.2 Å². The number of aromatic hydroxyl groups is 1. The summed E-state index contributed by atoms with van der Waals surface area (Å²) in [5.74, 6) is 1.23. The molecule has 4 aromatic carbocycles. The van der Waals surface area contributed by atoms with E-state index in [1.54, 1.807) is 6.07 Å². The minimum absolute atomic E-state index is 0.329. The van der Waals surface area contributed by atoms with Gasteiger partial charge in [0.2, 0.25) is 0 Å². The van der Waals surface area contributed by atoms with Gasteiger partial charge in [0, 0.05) is 24.1 Å². The first-order chi connectivity index (χ1) is 14.7. The van der Waals surface area contributed by atoms with Crippen LogP contribution in [0.3, 0.4) is 0 Å². The summed E-state index contributed by atoms with van der Waals surface area (Å²) in [5, 5.41) is 15.3. The van der Waals surface area contributed by atoms with E-state index in [1.807, 2.05) is 18.2 Å². The van der Waals surface area contributed by atoms with Crippen LogP contribution in [-0.2, 0) is 6.42 Å². The van der Waals surface area contributed by atoms with Crippen LogP contribution < -0.4 is 4.74 Å². The fraction of sp³-hybridized carbons (Fsp3) is 0.259. The third kappa shape index (κ3) is 4.12. The Balaban J connectivity index is 1.75. The van der Waals surface area contributed by atoms with Crippen LogP contribution in [0.1, 0.15) is 25.0 Å². The van der Waals surface area contributed by atoms with Gasteiger partial charge in [0.15, 0.2) is 0 Å². The van der Waals surface area contributed by atoms with Crippen molar-refractivity contribution in [3.05, 3.63) is 83.9 Å². The third-order valence-electron chi connectivity index (χ3n) is 5.93. The van der Waals surface area contributed by atoms with E-state index in [0.29, 0.717) is 18.8 Å². The zero-order chi connectivity index (χ0) is 20.9.